The fraction of sp³-hybridized carbons (Fsp3) is 0.132. The summed E-state index contributed by atoms with van der Waals surface area (Å²) in [7, 11) is 0. The second kappa shape index (κ2) is 13.8. The molecule has 0 unspecified atom stereocenters. The van der Waals surface area contributed by atoms with Gasteiger partial charge in [-0.2, -0.15) is 0 Å². The predicted octanol–water partition coefficient (Wildman–Crippen LogP) is 11.2. The van der Waals surface area contributed by atoms with E-state index >= 15 is 0 Å². The standard InChI is InChI=1S/C53H39BN2O6/c1-32-23-43-53-44(24-32)56(38-16-18-47-50(29-38)58-20-7-19-57-47)42-31-52-51(59-21-8-22-60-52)30-40(42)54(53)39-17-15-36(49-28-35-10-3-5-14-46(35)62-49)26-41(39)55(43)37-12-6-11-33(25-37)48-27-34-9-2-4-13-45(34)61-48/h2-6,9-18,23-31H,7-8,19-22H2,1H3. The highest BCUT2D eigenvalue weighted by molar-refractivity contribution is 7.00. The Labute approximate surface area is 358 Å². The van der Waals surface area contributed by atoms with Gasteiger partial charge in [-0.3, -0.25) is 0 Å². The smallest absolute Gasteiger partial charge is 0.252 e. The molecule has 0 atom stereocenters. The van der Waals surface area contributed by atoms with Crippen molar-refractivity contribution in [2.45, 2.75) is 19.8 Å². The number of hydrogen-bond donors (Lipinski definition) is 0. The molecule has 0 saturated heterocycles. The number of fused-ring (bicyclic) bond motifs is 8. The van der Waals surface area contributed by atoms with Crippen LogP contribution in [0.15, 0.2) is 154 Å². The summed E-state index contributed by atoms with van der Waals surface area (Å²) in [6.45, 7) is 4.46. The molecule has 0 spiro atoms. The maximum Gasteiger partial charge on any atom is 0.252 e. The highest BCUT2D eigenvalue weighted by Crippen LogP contribution is 2.49. The lowest BCUT2D eigenvalue weighted by molar-refractivity contribution is 0.296. The van der Waals surface area contributed by atoms with Crippen molar-refractivity contribution in [1.29, 1.82) is 0 Å². The van der Waals surface area contributed by atoms with Gasteiger partial charge in [-0.1, -0.05) is 60.7 Å². The lowest BCUT2D eigenvalue weighted by Gasteiger charge is -2.44. The first-order chi connectivity index (χ1) is 30.6. The van der Waals surface area contributed by atoms with Gasteiger partial charge >= 0.3 is 0 Å². The fourth-order valence-corrected chi connectivity index (χ4v) is 9.83. The molecule has 6 heterocycles. The van der Waals surface area contributed by atoms with Gasteiger partial charge in [0, 0.05) is 75.3 Å². The van der Waals surface area contributed by atoms with Crippen LogP contribution in [0.25, 0.3) is 44.6 Å². The lowest BCUT2D eigenvalue weighted by atomic mass is 9.33. The Morgan fingerprint density at radius 2 is 1.02 bits per heavy atom. The van der Waals surface area contributed by atoms with Gasteiger partial charge in [-0.15, -0.1) is 0 Å². The number of aryl methyl sites for hydroxylation is 1. The summed E-state index contributed by atoms with van der Waals surface area (Å²) in [6, 6.07) is 51.4. The number of furan rings is 2. The minimum Gasteiger partial charge on any atom is -0.490 e. The van der Waals surface area contributed by atoms with E-state index in [1.165, 1.54) is 10.9 Å². The van der Waals surface area contributed by atoms with Gasteiger partial charge in [-0.25, -0.2) is 0 Å². The summed E-state index contributed by atoms with van der Waals surface area (Å²) < 4.78 is 38.2. The Morgan fingerprint density at radius 1 is 0.435 bits per heavy atom. The first-order valence-corrected chi connectivity index (χ1v) is 21.4. The summed E-state index contributed by atoms with van der Waals surface area (Å²) in [6.07, 6.45) is 1.64. The van der Waals surface area contributed by atoms with Crippen LogP contribution in [0.3, 0.4) is 0 Å². The van der Waals surface area contributed by atoms with Crippen molar-refractivity contribution in [3.63, 3.8) is 0 Å². The normalized spacial score (nSPS) is 14.9. The monoisotopic (exact) mass is 810 g/mol. The number of rotatable bonds is 4. The van der Waals surface area contributed by atoms with Gasteiger partial charge in [0.15, 0.2) is 23.0 Å². The Hall–Kier alpha value is -7.52. The van der Waals surface area contributed by atoms with Crippen LogP contribution in [-0.4, -0.2) is 33.1 Å². The zero-order valence-electron chi connectivity index (χ0n) is 34.0. The topological polar surface area (TPSA) is 69.7 Å². The van der Waals surface area contributed by atoms with Crippen molar-refractivity contribution in [3.05, 3.63) is 151 Å². The van der Waals surface area contributed by atoms with Gasteiger partial charge in [-0.05, 0) is 102 Å². The molecule has 62 heavy (non-hydrogen) atoms. The molecular weight excluding hydrogens is 771 g/mol. The number of benzene rings is 7. The average Bonchev–Trinajstić information content (AvgIpc) is 3.78. The average molecular weight is 811 g/mol. The Morgan fingerprint density at radius 3 is 1.69 bits per heavy atom. The number of anilines is 6. The van der Waals surface area contributed by atoms with Crippen LogP contribution in [0.1, 0.15) is 18.4 Å². The van der Waals surface area contributed by atoms with Gasteiger partial charge in [0.25, 0.3) is 6.71 Å². The summed E-state index contributed by atoms with van der Waals surface area (Å²) >= 11 is 0. The molecule has 0 radical (unpaired) electrons. The molecular formula is C53H39BN2O6. The third-order valence-electron chi connectivity index (χ3n) is 12.6. The molecule has 0 N–H and O–H groups in total. The molecule has 13 rings (SSSR count). The molecule has 4 aliphatic rings. The van der Waals surface area contributed by atoms with E-state index in [1.54, 1.807) is 0 Å². The van der Waals surface area contributed by atoms with Crippen molar-refractivity contribution in [2.24, 2.45) is 0 Å². The fourth-order valence-electron chi connectivity index (χ4n) is 9.83. The quantitative estimate of drug-likeness (QED) is 0.163. The molecule has 7 aromatic carbocycles. The molecule has 8 nitrogen and oxygen atoms in total. The first-order valence-electron chi connectivity index (χ1n) is 21.4. The lowest BCUT2D eigenvalue weighted by Crippen LogP contribution is -2.61. The van der Waals surface area contributed by atoms with Crippen LogP contribution in [0, 0.1) is 6.92 Å². The molecule has 0 amide bonds. The molecule has 0 fully saturated rings. The van der Waals surface area contributed by atoms with Crippen molar-refractivity contribution in [1.82, 2.24) is 0 Å². The van der Waals surface area contributed by atoms with Crippen LogP contribution >= 0.6 is 0 Å². The second-order valence-corrected chi connectivity index (χ2v) is 16.5. The predicted molar refractivity (Wildman–Crippen MR) is 247 cm³/mol. The van der Waals surface area contributed by atoms with Crippen LogP contribution in [-0.2, 0) is 0 Å². The number of hydrogen-bond acceptors (Lipinski definition) is 8. The van der Waals surface area contributed by atoms with Crippen LogP contribution in [0.2, 0.25) is 0 Å². The van der Waals surface area contributed by atoms with Gasteiger partial charge in [0.2, 0.25) is 0 Å². The molecule has 0 bridgehead atoms. The number of nitrogens with zero attached hydrogens (tertiary/aromatic N) is 2. The maximum absolute atomic E-state index is 6.52. The van der Waals surface area contributed by atoms with E-state index in [4.69, 9.17) is 27.8 Å². The third-order valence-corrected chi connectivity index (χ3v) is 12.6. The first kappa shape index (κ1) is 35.3. The van der Waals surface area contributed by atoms with E-state index in [2.05, 4.69) is 120 Å². The van der Waals surface area contributed by atoms with Gasteiger partial charge in [0.05, 0.1) is 32.1 Å². The number of para-hydroxylation sites is 2. The maximum atomic E-state index is 6.52. The molecule has 300 valence electrons. The van der Waals surface area contributed by atoms with E-state index in [0.717, 1.165) is 126 Å². The Kier molecular flexibility index (Phi) is 7.82. The van der Waals surface area contributed by atoms with E-state index < -0.39 is 0 Å². The minimum atomic E-state index is -0.140. The van der Waals surface area contributed by atoms with E-state index in [0.29, 0.717) is 26.4 Å². The third kappa shape index (κ3) is 5.54. The molecule has 9 heteroatoms. The molecule has 9 aromatic rings. The summed E-state index contributed by atoms with van der Waals surface area (Å²) in [5.41, 5.74) is 14.6. The molecule has 0 saturated carbocycles. The molecule has 0 aliphatic carbocycles. The zero-order chi connectivity index (χ0) is 40.9. The highest BCUT2D eigenvalue weighted by Gasteiger charge is 2.44. The molecule has 2 aromatic heterocycles. The zero-order valence-corrected chi connectivity index (χ0v) is 34.0. The van der Waals surface area contributed by atoms with E-state index in [-0.39, 0.29) is 6.71 Å². The number of ether oxygens (including phenoxy) is 4. The summed E-state index contributed by atoms with van der Waals surface area (Å²) in [5, 5.41) is 2.14. The van der Waals surface area contributed by atoms with Crippen molar-refractivity contribution >= 4 is 79.2 Å². The summed E-state index contributed by atoms with van der Waals surface area (Å²) in [5.74, 6) is 4.66. The van der Waals surface area contributed by atoms with Crippen LogP contribution in [0.4, 0.5) is 34.1 Å². The van der Waals surface area contributed by atoms with E-state index in [9.17, 15) is 0 Å². The highest BCUT2D eigenvalue weighted by atomic mass is 16.5. The molecule has 4 aliphatic heterocycles. The van der Waals surface area contributed by atoms with Crippen molar-refractivity contribution in [2.75, 3.05) is 36.2 Å². The van der Waals surface area contributed by atoms with Crippen molar-refractivity contribution < 1.29 is 27.8 Å². The summed E-state index contributed by atoms with van der Waals surface area (Å²) in [4.78, 5) is 4.80. The van der Waals surface area contributed by atoms with Crippen molar-refractivity contribution in [3.8, 4) is 45.6 Å². The van der Waals surface area contributed by atoms with Crippen LogP contribution in [0.5, 0.6) is 23.0 Å². The van der Waals surface area contributed by atoms with Gasteiger partial charge in [0.1, 0.15) is 22.7 Å². The van der Waals surface area contributed by atoms with Crippen LogP contribution < -0.4 is 45.1 Å². The minimum absolute atomic E-state index is 0.140. The Balaban J connectivity index is 1.07. The second-order valence-electron chi connectivity index (χ2n) is 16.5. The SMILES string of the molecule is Cc1cc2c3c(c1)N(c1ccc4c(c1)OCCCO4)c1cc4c(cc1B3c1ccc(-c3cc5ccccc5o3)cc1N2c1cccc(-c2cc3ccccc3o2)c1)OCCCO4. The Bertz CT molecular complexity index is 3210. The van der Waals surface area contributed by atoms with Gasteiger partial charge < -0.3 is 37.6 Å². The largest absolute Gasteiger partial charge is 0.490 e. The van der Waals surface area contributed by atoms with E-state index in [1.807, 2.05) is 42.5 Å².